The Hall–Kier alpha value is -0.836. The van der Waals surface area contributed by atoms with Gasteiger partial charge in [0, 0.05) is 13.0 Å². The lowest BCUT2D eigenvalue weighted by Crippen LogP contribution is -2.48. The van der Waals surface area contributed by atoms with Gasteiger partial charge in [-0.3, -0.25) is 4.79 Å². The smallest absolute Gasteiger partial charge is 0.192 e. The third-order valence-electron chi connectivity index (χ3n) is 16.5. The third-order valence-corrected chi connectivity index (χ3v) is 25.5. The van der Waals surface area contributed by atoms with E-state index in [1.807, 2.05) is 0 Å². The molecule has 0 aromatic heterocycles. The topological polar surface area (TPSA) is 54.0 Å². The first-order valence-electron chi connectivity index (χ1n) is 23.7. The molecule has 0 spiro atoms. The summed E-state index contributed by atoms with van der Waals surface area (Å²) >= 11 is 0. The highest BCUT2D eigenvalue weighted by atomic mass is 28.4. The molecule has 5 aliphatic rings. The molecule has 5 rings (SSSR count). The van der Waals surface area contributed by atoms with Crippen LogP contribution in [0.15, 0.2) is 35.5 Å². The number of allylic oxidation sites excluding steroid dienone is 4. The van der Waals surface area contributed by atoms with Gasteiger partial charge >= 0.3 is 0 Å². The molecule has 0 bridgehead atoms. The van der Waals surface area contributed by atoms with Gasteiger partial charge in [0.2, 0.25) is 0 Å². The molecule has 0 amide bonds. The van der Waals surface area contributed by atoms with Crippen molar-refractivity contribution in [2.45, 2.75) is 239 Å². The predicted octanol–water partition coefficient (Wildman–Crippen LogP) is 14.4. The first kappa shape index (κ1) is 47.2. The second-order valence-electron chi connectivity index (χ2n) is 23.3. The third kappa shape index (κ3) is 11.2. The summed E-state index contributed by atoms with van der Waals surface area (Å²) in [6.07, 6.45) is 28.2. The van der Waals surface area contributed by atoms with Crippen LogP contribution in [0.2, 0.25) is 36.3 Å². The van der Waals surface area contributed by atoms with Crippen LogP contribution in [0.3, 0.4) is 0 Å². The molecule has 4 saturated carbocycles. The largest absolute Gasteiger partial charge is 0.414 e. The van der Waals surface area contributed by atoms with Crippen LogP contribution < -0.4 is 0 Å². The Kier molecular flexibility index (Phi) is 15.1. The van der Waals surface area contributed by atoms with Crippen LogP contribution in [0.5, 0.6) is 0 Å². The number of unbranched alkanes of at least 4 members (excludes halogenated alkanes) is 2. The van der Waals surface area contributed by atoms with Crippen LogP contribution in [0.25, 0.3) is 0 Å². The van der Waals surface area contributed by atoms with Gasteiger partial charge < -0.3 is 18.3 Å². The Morgan fingerprint density at radius 3 is 2.02 bits per heavy atom. The number of hydrogen-bond acceptors (Lipinski definition) is 5. The van der Waals surface area contributed by atoms with E-state index in [4.69, 9.17) is 18.3 Å². The van der Waals surface area contributed by atoms with Crippen molar-refractivity contribution in [2.75, 3.05) is 6.61 Å². The van der Waals surface area contributed by atoms with Crippen molar-refractivity contribution >= 4 is 22.4 Å². The van der Waals surface area contributed by atoms with Gasteiger partial charge in [-0.05, 0) is 149 Å². The van der Waals surface area contributed by atoms with E-state index < -0.39 is 16.6 Å². The Balaban J connectivity index is 1.35. The maximum absolute atomic E-state index is 13.8. The van der Waals surface area contributed by atoms with Crippen molar-refractivity contribution in [3.05, 3.63) is 35.5 Å². The zero-order valence-electron chi connectivity index (χ0n) is 39.5. The number of carbonyl (C=O) groups is 1. The van der Waals surface area contributed by atoms with Crippen LogP contribution in [-0.4, -0.2) is 53.6 Å². The Morgan fingerprint density at radius 1 is 0.842 bits per heavy atom. The van der Waals surface area contributed by atoms with Gasteiger partial charge in [0.05, 0.1) is 23.7 Å². The van der Waals surface area contributed by atoms with Crippen LogP contribution in [0.4, 0.5) is 0 Å². The molecule has 0 N–H and O–H groups in total. The second kappa shape index (κ2) is 18.3. The van der Waals surface area contributed by atoms with Crippen molar-refractivity contribution in [2.24, 2.45) is 28.1 Å². The molecule has 326 valence electrons. The van der Waals surface area contributed by atoms with Crippen molar-refractivity contribution < 1.29 is 23.1 Å². The Labute approximate surface area is 353 Å². The minimum absolute atomic E-state index is 0.00717. The van der Waals surface area contributed by atoms with E-state index in [1.54, 1.807) is 5.57 Å². The highest BCUT2D eigenvalue weighted by Gasteiger charge is 2.57. The number of hydrogen-bond donors (Lipinski definition) is 0. The van der Waals surface area contributed by atoms with E-state index in [9.17, 15) is 4.79 Å². The second-order valence-corrected chi connectivity index (χ2v) is 32.8. The molecule has 1 saturated heterocycles. The summed E-state index contributed by atoms with van der Waals surface area (Å²) in [7, 11) is -3.85. The molecule has 5 nitrogen and oxygen atoms in total. The van der Waals surface area contributed by atoms with Gasteiger partial charge in [0.15, 0.2) is 22.9 Å². The molecule has 1 aliphatic heterocycles. The molecular weight excluding hydrogens is 737 g/mol. The van der Waals surface area contributed by atoms with Crippen LogP contribution in [0.1, 0.15) is 178 Å². The fourth-order valence-corrected chi connectivity index (χ4v) is 13.5. The number of Topliss-reactive ketones (excluding diaryl/α,β-unsaturated/α-hetero) is 1. The minimum Gasteiger partial charge on any atom is -0.414 e. The quantitative estimate of drug-likeness (QED) is 0.0881. The van der Waals surface area contributed by atoms with Gasteiger partial charge in [-0.15, -0.1) is 0 Å². The van der Waals surface area contributed by atoms with Crippen molar-refractivity contribution in [3.8, 4) is 0 Å². The van der Waals surface area contributed by atoms with E-state index in [-0.39, 0.29) is 50.9 Å². The molecular formula is C50H88O5Si2. The zero-order chi connectivity index (χ0) is 42.1. The molecule has 4 aliphatic carbocycles. The maximum Gasteiger partial charge on any atom is 0.192 e. The minimum atomic E-state index is -1.92. The summed E-state index contributed by atoms with van der Waals surface area (Å²) in [5.74, 6) is 1.60. The van der Waals surface area contributed by atoms with Gasteiger partial charge in [-0.2, -0.15) is 0 Å². The fourth-order valence-electron chi connectivity index (χ4n) is 10.8. The summed E-state index contributed by atoms with van der Waals surface area (Å²) < 4.78 is 27.2. The Bertz CT molecular complexity index is 1410. The van der Waals surface area contributed by atoms with E-state index in [2.05, 4.69) is 120 Å². The van der Waals surface area contributed by atoms with Crippen LogP contribution in [0, 0.1) is 28.1 Å². The first-order chi connectivity index (χ1) is 26.4. The van der Waals surface area contributed by atoms with Gasteiger partial charge in [0.25, 0.3) is 0 Å². The number of ether oxygens (including phenoxy) is 2. The summed E-state index contributed by atoms with van der Waals surface area (Å²) in [4.78, 5) is 13.8. The van der Waals surface area contributed by atoms with Gasteiger partial charge in [-0.1, -0.05) is 118 Å². The maximum atomic E-state index is 13.8. The van der Waals surface area contributed by atoms with Crippen molar-refractivity contribution in [1.29, 1.82) is 0 Å². The van der Waals surface area contributed by atoms with Crippen LogP contribution in [-0.2, 0) is 23.1 Å². The summed E-state index contributed by atoms with van der Waals surface area (Å²) in [5.41, 5.74) is 3.06. The van der Waals surface area contributed by atoms with E-state index in [0.717, 1.165) is 77.2 Å². The Morgan fingerprint density at radius 2 is 1.47 bits per heavy atom. The predicted molar refractivity (Wildman–Crippen MR) is 245 cm³/mol. The van der Waals surface area contributed by atoms with Gasteiger partial charge in [0.1, 0.15) is 5.78 Å². The van der Waals surface area contributed by atoms with E-state index >= 15 is 0 Å². The molecule has 0 radical (unpaired) electrons. The van der Waals surface area contributed by atoms with Gasteiger partial charge in [-0.25, -0.2) is 0 Å². The number of ketones is 1. The van der Waals surface area contributed by atoms with E-state index in [0.29, 0.717) is 24.0 Å². The molecule has 1 heterocycles. The molecule has 7 atom stereocenters. The summed E-state index contributed by atoms with van der Waals surface area (Å²) in [6.45, 7) is 34.3. The molecule has 5 fully saturated rings. The molecule has 0 aromatic rings. The molecule has 57 heavy (non-hydrogen) atoms. The molecule has 7 heteroatoms. The van der Waals surface area contributed by atoms with Crippen molar-refractivity contribution in [1.82, 2.24) is 0 Å². The van der Waals surface area contributed by atoms with Crippen LogP contribution >= 0.6 is 0 Å². The standard InChI is InChI=1S/C50H88O5Si2/c1-15-16-17-22-43(51)50(31-32-50)44(53-45-23-18-19-33-52-45)28-30-48(8,9)42-27-26-41-38(21-20-29-49(41,42)10)25-24-37-34-39(54-56(11,12)46(2,3)4)36-40(35-37)55-57(13,14)47(5,6)7/h24-25,28,30,39-42,44-45H,15-23,26-27,29,31-36H2,1-14H3/t39-,40-,41+,42-,44?,45?,49+/m1/s1. The molecule has 2 unspecified atom stereocenters. The first-order valence-corrected chi connectivity index (χ1v) is 29.5. The number of carbonyl (C=O) groups excluding carboxylic acids is 1. The number of rotatable bonds is 16. The SMILES string of the molecule is CCCCCC(=O)C1(C(C=CC(C)(C)[C@H]2CC[C@H]3C(=CC=C4C[C@@H](O[Si](C)(C)C(C)(C)C)C[C@H](O[Si](C)(C)C(C)(C)C)C4)CCC[C@]23C)OC2CCCCO2)CC1. The molecule has 0 aromatic carbocycles. The highest BCUT2D eigenvalue weighted by molar-refractivity contribution is 6.74. The average molecular weight is 825 g/mol. The normalized spacial score (nSPS) is 31.4. The van der Waals surface area contributed by atoms with E-state index in [1.165, 1.54) is 37.7 Å². The summed E-state index contributed by atoms with van der Waals surface area (Å²) in [6, 6.07) is 0. The number of fused-ring (bicyclic) bond motifs is 1. The summed E-state index contributed by atoms with van der Waals surface area (Å²) in [5, 5.41) is 0.368. The fraction of sp³-hybridized carbons (Fsp3) is 0.860. The monoisotopic (exact) mass is 825 g/mol. The van der Waals surface area contributed by atoms with Crippen molar-refractivity contribution in [3.63, 3.8) is 0 Å². The zero-order valence-corrected chi connectivity index (χ0v) is 41.5. The highest BCUT2D eigenvalue weighted by Crippen LogP contribution is 2.63. The average Bonchev–Trinajstić information content (AvgIpc) is 3.83. The lowest BCUT2D eigenvalue weighted by molar-refractivity contribution is -0.191. The lowest BCUT2D eigenvalue weighted by Gasteiger charge is -2.47. The lowest BCUT2D eigenvalue weighted by atomic mass is 9.57.